The largest absolute Gasteiger partial charge is 0.491 e. The molecule has 0 amide bonds. The highest BCUT2D eigenvalue weighted by Crippen LogP contribution is 2.43. The summed E-state index contributed by atoms with van der Waals surface area (Å²) in [5.74, 6) is -4.80. The second-order valence-corrected chi connectivity index (χ2v) is 10.3. The lowest BCUT2D eigenvalue weighted by Gasteiger charge is -2.39. The number of fused-ring (bicyclic) bond motifs is 1. The number of hydrogen-bond acceptors (Lipinski definition) is 10. The molecule has 1 aliphatic heterocycles. The number of carboxylic acid groups (broad SMARTS) is 2. The van der Waals surface area contributed by atoms with E-state index in [0.717, 1.165) is 0 Å². The van der Waals surface area contributed by atoms with Crippen LogP contribution in [-0.4, -0.2) is 67.4 Å². The molecule has 1 fully saturated rings. The van der Waals surface area contributed by atoms with E-state index in [9.17, 15) is 36.2 Å². The molecule has 4 aromatic rings. The van der Waals surface area contributed by atoms with Crippen LogP contribution in [-0.2, 0) is 15.8 Å². The third-order valence-electron chi connectivity index (χ3n) is 7.21. The second-order valence-electron chi connectivity index (χ2n) is 10.3. The first kappa shape index (κ1) is 32.4. The number of aromatic nitrogens is 3. The number of carbonyl (C=O) groups is 2. The van der Waals surface area contributed by atoms with Crippen molar-refractivity contribution < 1.29 is 65.0 Å². The van der Waals surface area contributed by atoms with Crippen molar-refractivity contribution in [3.8, 4) is 40.0 Å². The lowest BCUT2D eigenvalue weighted by Crippen LogP contribution is -2.53. The van der Waals surface area contributed by atoms with Gasteiger partial charge < -0.3 is 34.4 Å². The summed E-state index contributed by atoms with van der Waals surface area (Å²) >= 11 is 0. The van der Waals surface area contributed by atoms with Gasteiger partial charge in [0.2, 0.25) is 11.6 Å². The Kier molecular flexibility index (Phi) is 8.76. The first-order valence-corrected chi connectivity index (χ1v) is 13.3. The Morgan fingerprint density at radius 1 is 0.913 bits per heavy atom. The molecule has 0 saturated heterocycles. The molecule has 0 spiro atoms. The van der Waals surface area contributed by atoms with Crippen molar-refractivity contribution in [2.75, 3.05) is 6.61 Å². The van der Waals surface area contributed by atoms with Crippen LogP contribution >= 0.6 is 0 Å². The fourth-order valence-corrected chi connectivity index (χ4v) is 4.85. The predicted octanol–water partition coefficient (Wildman–Crippen LogP) is 4.96. The number of aliphatic hydroxyl groups is 1. The Labute approximate surface area is 253 Å². The molecule has 244 valence electrons. The number of nitrogens with zero attached hydrogens (tertiary/aromatic N) is 3. The number of carboxylic acids is 2. The number of nitrogens with one attached hydrogen (secondary N) is 1. The second kappa shape index (κ2) is 12.4. The third-order valence-corrected chi connectivity index (χ3v) is 7.21. The standard InChI is InChI=1S/C26H21F3N4O6.C2HF3O2/c27-26(28,29)19-20(12-4-2-1-3-5-12)32-38-22(19)24-31-23(33-39-24)13-6-7-16-18(10-13)37-11-17(21(16)34)30-15-8-14(9-15)25(35)36;3-2(4,5)1(6)7/h1-7,10,14-15,17,21,30,34H,8-9,11H2,(H,35,36);(H,6,7)/t14?,15?,17-,21+;/m1./s1. The van der Waals surface area contributed by atoms with Crippen molar-refractivity contribution in [3.63, 3.8) is 0 Å². The Hall–Kier alpha value is -4.97. The molecule has 4 N–H and O–H groups in total. The van der Waals surface area contributed by atoms with Gasteiger partial charge in [-0.05, 0) is 18.9 Å². The average molecular weight is 656 g/mol. The fraction of sp³-hybridized carbons (Fsp3) is 0.321. The Balaban J connectivity index is 0.000000537. The molecule has 2 aromatic heterocycles. The normalized spacial score (nSPS) is 20.8. The van der Waals surface area contributed by atoms with Gasteiger partial charge in [-0.1, -0.05) is 52.8 Å². The van der Waals surface area contributed by atoms with Crippen LogP contribution in [0, 0.1) is 5.92 Å². The number of halogens is 6. The molecule has 3 heterocycles. The van der Waals surface area contributed by atoms with Crippen molar-refractivity contribution >= 4 is 11.9 Å². The maximum Gasteiger partial charge on any atom is 0.490 e. The molecular formula is C28H22F6N4O8. The zero-order chi connectivity index (χ0) is 33.4. The van der Waals surface area contributed by atoms with E-state index < -0.39 is 59.3 Å². The summed E-state index contributed by atoms with van der Waals surface area (Å²) in [6, 6.07) is 12.1. The summed E-state index contributed by atoms with van der Waals surface area (Å²) in [6.45, 7) is 0.138. The van der Waals surface area contributed by atoms with E-state index in [1.807, 2.05) is 0 Å². The summed E-state index contributed by atoms with van der Waals surface area (Å²) < 4.78 is 89.7. The van der Waals surface area contributed by atoms with E-state index in [2.05, 4.69) is 20.6 Å². The molecule has 2 aromatic carbocycles. The SMILES string of the molecule is O=C(O)C(F)(F)F.O=C(O)C1CC(N[C@@H]2COc3cc(-c4noc(-c5onc(-c6ccccc6)c5C(F)(F)F)n4)ccc3[C@@H]2O)C1. The van der Waals surface area contributed by atoms with Crippen LogP contribution in [0.15, 0.2) is 57.6 Å². The highest BCUT2D eigenvalue weighted by molar-refractivity contribution is 5.73. The maximum atomic E-state index is 14.0. The van der Waals surface area contributed by atoms with Gasteiger partial charge in [0.15, 0.2) is 0 Å². The lowest BCUT2D eigenvalue weighted by molar-refractivity contribution is -0.192. The van der Waals surface area contributed by atoms with Crippen molar-refractivity contribution in [1.82, 2.24) is 20.6 Å². The van der Waals surface area contributed by atoms with E-state index in [4.69, 9.17) is 28.8 Å². The van der Waals surface area contributed by atoms with Crippen LogP contribution in [0.4, 0.5) is 26.3 Å². The number of aliphatic hydroxyl groups excluding tert-OH is 1. The maximum absolute atomic E-state index is 14.0. The zero-order valence-corrected chi connectivity index (χ0v) is 23.0. The lowest BCUT2D eigenvalue weighted by atomic mass is 9.79. The van der Waals surface area contributed by atoms with E-state index in [-0.39, 0.29) is 30.0 Å². The van der Waals surface area contributed by atoms with E-state index in [1.165, 1.54) is 12.1 Å². The molecule has 1 saturated carbocycles. The van der Waals surface area contributed by atoms with Gasteiger partial charge in [0, 0.05) is 22.7 Å². The van der Waals surface area contributed by atoms with Gasteiger partial charge in [-0.25, -0.2) is 4.79 Å². The molecule has 2 atom stereocenters. The topological polar surface area (TPSA) is 181 Å². The van der Waals surface area contributed by atoms with E-state index >= 15 is 0 Å². The van der Waals surface area contributed by atoms with Gasteiger partial charge in [-0.3, -0.25) is 4.79 Å². The summed E-state index contributed by atoms with van der Waals surface area (Å²) in [5.41, 5.74) is -0.403. The van der Waals surface area contributed by atoms with Gasteiger partial charge in [-0.2, -0.15) is 31.3 Å². The number of hydrogen-bond donors (Lipinski definition) is 4. The molecule has 0 unspecified atom stereocenters. The number of ether oxygens (including phenoxy) is 1. The molecule has 6 rings (SSSR count). The summed E-state index contributed by atoms with van der Waals surface area (Å²) in [4.78, 5) is 24.0. The Morgan fingerprint density at radius 3 is 2.20 bits per heavy atom. The third kappa shape index (κ3) is 6.81. The number of aliphatic carboxylic acids is 2. The summed E-state index contributed by atoms with van der Waals surface area (Å²) in [5, 5.41) is 37.7. The molecule has 0 radical (unpaired) electrons. The van der Waals surface area contributed by atoms with Gasteiger partial charge in [-0.15, -0.1) is 0 Å². The van der Waals surface area contributed by atoms with Crippen LogP contribution < -0.4 is 10.1 Å². The van der Waals surface area contributed by atoms with Crippen molar-refractivity contribution in [1.29, 1.82) is 0 Å². The van der Waals surface area contributed by atoms with Gasteiger partial charge in [0.05, 0.1) is 12.0 Å². The number of alkyl halides is 6. The van der Waals surface area contributed by atoms with Crippen LogP contribution in [0.5, 0.6) is 5.75 Å². The fourth-order valence-electron chi connectivity index (χ4n) is 4.85. The van der Waals surface area contributed by atoms with Crippen LogP contribution in [0.3, 0.4) is 0 Å². The number of benzene rings is 2. The summed E-state index contributed by atoms with van der Waals surface area (Å²) in [7, 11) is 0. The Morgan fingerprint density at radius 2 is 1.59 bits per heavy atom. The zero-order valence-electron chi connectivity index (χ0n) is 23.0. The van der Waals surface area contributed by atoms with Crippen molar-refractivity contribution in [2.24, 2.45) is 5.92 Å². The average Bonchev–Trinajstić information content (AvgIpc) is 3.64. The van der Waals surface area contributed by atoms with Gasteiger partial charge in [0.1, 0.15) is 29.7 Å². The monoisotopic (exact) mass is 656 g/mol. The molecule has 46 heavy (non-hydrogen) atoms. The highest BCUT2D eigenvalue weighted by Gasteiger charge is 2.43. The first-order valence-electron chi connectivity index (χ1n) is 13.3. The van der Waals surface area contributed by atoms with E-state index in [0.29, 0.717) is 29.7 Å². The highest BCUT2D eigenvalue weighted by atomic mass is 19.4. The molecule has 2 aliphatic rings. The van der Waals surface area contributed by atoms with E-state index in [1.54, 1.807) is 36.4 Å². The minimum Gasteiger partial charge on any atom is -0.491 e. The first-order chi connectivity index (χ1) is 21.6. The molecule has 18 heteroatoms. The Bertz CT molecular complexity index is 1720. The van der Waals surface area contributed by atoms with Crippen LogP contribution in [0.25, 0.3) is 34.3 Å². The molecule has 0 bridgehead atoms. The van der Waals surface area contributed by atoms with Gasteiger partial charge >= 0.3 is 24.3 Å². The predicted molar refractivity (Wildman–Crippen MR) is 141 cm³/mol. The molecule has 12 nitrogen and oxygen atoms in total. The van der Waals surface area contributed by atoms with Crippen molar-refractivity contribution in [3.05, 3.63) is 59.7 Å². The van der Waals surface area contributed by atoms with Crippen LogP contribution in [0.2, 0.25) is 0 Å². The summed E-state index contributed by atoms with van der Waals surface area (Å²) in [6.07, 6.45) is -9.83. The number of rotatable bonds is 6. The minimum absolute atomic E-state index is 0.00824. The minimum atomic E-state index is -5.08. The molecular weight excluding hydrogens is 634 g/mol. The quantitative estimate of drug-likeness (QED) is 0.205. The van der Waals surface area contributed by atoms with Gasteiger partial charge in [0.25, 0.3) is 5.89 Å². The smallest absolute Gasteiger partial charge is 0.490 e. The molecule has 1 aliphatic carbocycles. The van der Waals surface area contributed by atoms with Crippen LogP contribution in [0.1, 0.15) is 30.1 Å². The van der Waals surface area contributed by atoms with Crippen molar-refractivity contribution in [2.45, 2.75) is 43.4 Å².